The molecule has 0 spiro atoms. The van der Waals surface area contributed by atoms with Gasteiger partial charge in [-0.25, -0.2) is 15.1 Å². The normalized spacial score (nSPS) is 19.2. The molecule has 6 heteroatoms. The van der Waals surface area contributed by atoms with Crippen LogP contribution in [0.15, 0.2) is 0 Å². The molecular weight excluding hydrogens is 212 g/mol. The second-order valence-corrected chi connectivity index (χ2v) is 4.42. The summed E-state index contributed by atoms with van der Waals surface area (Å²) in [5.41, 5.74) is 2.17. The zero-order valence-electron chi connectivity index (χ0n) is 9.02. The molecule has 6 nitrogen and oxygen atoms in total. The minimum atomic E-state index is -1.10. The van der Waals surface area contributed by atoms with E-state index in [1.165, 1.54) is 12.8 Å². The second kappa shape index (κ2) is 4.69. The van der Waals surface area contributed by atoms with Gasteiger partial charge in [0.2, 0.25) is 0 Å². The van der Waals surface area contributed by atoms with Gasteiger partial charge >= 0.3 is 12.0 Å². The van der Waals surface area contributed by atoms with E-state index in [-0.39, 0.29) is 6.03 Å². The highest BCUT2D eigenvalue weighted by Crippen LogP contribution is 2.34. The summed E-state index contributed by atoms with van der Waals surface area (Å²) in [6, 6.07) is 0.0182. The molecule has 16 heavy (non-hydrogen) atoms. The lowest BCUT2D eigenvalue weighted by Crippen LogP contribution is -2.43. The quantitative estimate of drug-likeness (QED) is 0.652. The van der Waals surface area contributed by atoms with Gasteiger partial charge in [0.15, 0.2) is 6.61 Å². The highest BCUT2D eigenvalue weighted by molar-refractivity contribution is 5.74. The number of hydrogen-bond acceptors (Lipinski definition) is 3. The minimum Gasteiger partial charge on any atom is -0.479 e. The van der Waals surface area contributed by atoms with Crippen molar-refractivity contribution < 1.29 is 19.5 Å². The Morgan fingerprint density at radius 1 is 1.31 bits per heavy atom. The number of hydroxylamine groups is 1. The van der Waals surface area contributed by atoms with Crippen LogP contribution >= 0.6 is 0 Å². The second-order valence-electron chi connectivity index (χ2n) is 4.42. The van der Waals surface area contributed by atoms with Gasteiger partial charge in [0.25, 0.3) is 0 Å². The summed E-state index contributed by atoms with van der Waals surface area (Å²) in [4.78, 5) is 28.2. The van der Waals surface area contributed by atoms with E-state index in [0.717, 1.165) is 19.4 Å². The summed E-state index contributed by atoms with van der Waals surface area (Å²) in [6.45, 7) is 0.264. The maximum absolute atomic E-state index is 11.7. The molecule has 2 rings (SSSR count). The van der Waals surface area contributed by atoms with Gasteiger partial charge in [0.05, 0.1) is 0 Å². The zero-order valence-corrected chi connectivity index (χ0v) is 9.02. The molecule has 2 N–H and O–H groups in total. The van der Waals surface area contributed by atoms with Crippen LogP contribution in [0.4, 0.5) is 4.79 Å². The Morgan fingerprint density at radius 2 is 2.00 bits per heavy atom. The molecule has 0 unspecified atom stereocenters. The van der Waals surface area contributed by atoms with Crippen LogP contribution in [0.5, 0.6) is 0 Å². The van der Waals surface area contributed by atoms with Gasteiger partial charge in [-0.3, -0.25) is 4.84 Å². The number of nitrogens with zero attached hydrogens (tertiary/aromatic N) is 1. The van der Waals surface area contributed by atoms with Crippen LogP contribution in [0.1, 0.15) is 25.7 Å². The van der Waals surface area contributed by atoms with E-state index in [1.54, 1.807) is 4.90 Å². The van der Waals surface area contributed by atoms with Crippen LogP contribution in [-0.2, 0) is 9.63 Å². The Labute approximate surface area is 93.5 Å². The van der Waals surface area contributed by atoms with E-state index in [9.17, 15) is 9.59 Å². The van der Waals surface area contributed by atoms with E-state index >= 15 is 0 Å². The number of amides is 2. The summed E-state index contributed by atoms with van der Waals surface area (Å²) >= 11 is 0. The molecular formula is C10H16N2O4. The van der Waals surface area contributed by atoms with Crippen molar-refractivity contribution in [2.45, 2.75) is 31.7 Å². The fraction of sp³-hybridized carbons (Fsp3) is 0.800. The Hall–Kier alpha value is -1.30. The number of carboxylic acids is 1. The summed E-state index contributed by atoms with van der Waals surface area (Å²) < 4.78 is 0. The van der Waals surface area contributed by atoms with Crippen molar-refractivity contribution in [3.8, 4) is 0 Å². The van der Waals surface area contributed by atoms with E-state index in [0.29, 0.717) is 12.0 Å². The summed E-state index contributed by atoms with van der Waals surface area (Å²) in [5, 5.41) is 8.35. The third kappa shape index (κ3) is 3.37. The Morgan fingerprint density at radius 3 is 2.50 bits per heavy atom. The largest absolute Gasteiger partial charge is 0.479 e. The fourth-order valence-electron chi connectivity index (χ4n) is 1.58. The number of carbonyl (C=O) groups excluding carboxylic acids is 1. The predicted molar refractivity (Wildman–Crippen MR) is 54.6 cm³/mol. The van der Waals surface area contributed by atoms with Gasteiger partial charge in [0.1, 0.15) is 0 Å². The van der Waals surface area contributed by atoms with Gasteiger partial charge in [0, 0.05) is 12.6 Å². The zero-order chi connectivity index (χ0) is 11.5. The molecule has 0 atom stereocenters. The van der Waals surface area contributed by atoms with Gasteiger partial charge in [-0.15, -0.1) is 0 Å². The molecule has 0 bridgehead atoms. The van der Waals surface area contributed by atoms with Crippen molar-refractivity contribution in [1.82, 2.24) is 10.4 Å². The number of carboxylic acid groups (broad SMARTS) is 1. The number of carbonyl (C=O) groups is 2. The van der Waals surface area contributed by atoms with Crippen molar-refractivity contribution in [3.63, 3.8) is 0 Å². The average molecular weight is 228 g/mol. The van der Waals surface area contributed by atoms with Crippen molar-refractivity contribution in [2.24, 2.45) is 5.92 Å². The third-order valence-corrected chi connectivity index (χ3v) is 2.76. The fourth-order valence-corrected chi connectivity index (χ4v) is 1.58. The van der Waals surface area contributed by atoms with Crippen molar-refractivity contribution in [2.75, 3.05) is 13.2 Å². The van der Waals surface area contributed by atoms with Crippen molar-refractivity contribution >= 4 is 12.0 Å². The van der Waals surface area contributed by atoms with Crippen molar-refractivity contribution in [1.29, 1.82) is 0 Å². The Kier molecular flexibility index (Phi) is 3.28. The molecule has 0 radical (unpaired) electrons. The van der Waals surface area contributed by atoms with Crippen molar-refractivity contribution in [3.05, 3.63) is 0 Å². The molecule has 0 heterocycles. The average Bonchev–Trinajstić information content (AvgIpc) is 3.06. The Bertz CT molecular complexity index is 287. The van der Waals surface area contributed by atoms with Crippen LogP contribution < -0.4 is 5.48 Å². The molecule has 0 aromatic heterocycles. The number of urea groups is 1. The van der Waals surface area contributed by atoms with E-state index in [1.807, 2.05) is 0 Å². The summed E-state index contributed by atoms with van der Waals surface area (Å²) in [7, 11) is 0. The van der Waals surface area contributed by atoms with E-state index in [4.69, 9.17) is 5.11 Å². The van der Waals surface area contributed by atoms with Crippen LogP contribution in [0, 0.1) is 5.92 Å². The van der Waals surface area contributed by atoms with Crippen LogP contribution in [0.3, 0.4) is 0 Å². The van der Waals surface area contributed by atoms with Crippen LogP contribution in [0.2, 0.25) is 0 Å². The first kappa shape index (κ1) is 11.2. The number of rotatable bonds is 6. The SMILES string of the molecule is O=C(O)CONC(=O)N(CC1CC1)C1CC1. The molecule has 2 fully saturated rings. The number of hydrogen-bond donors (Lipinski definition) is 2. The molecule has 0 saturated heterocycles. The monoisotopic (exact) mass is 228 g/mol. The highest BCUT2D eigenvalue weighted by Gasteiger charge is 2.36. The first-order valence-corrected chi connectivity index (χ1v) is 5.57. The molecule has 90 valence electrons. The van der Waals surface area contributed by atoms with Gasteiger partial charge in [-0.1, -0.05) is 0 Å². The van der Waals surface area contributed by atoms with E-state index < -0.39 is 12.6 Å². The van der Waals surface area contributed by atoms with Gasteiger partial charge in [-0.05, 0) is 31.6 Å². The summed E-state index contributed by atoms with van der Waals surface area (Å²) in [6.07, 6.45) is 4.46. The minimum absolute atomic E-state index is 0.310. The first-order chi connectivity index (χ1) is 7.66. The topological polar surface area (TPSA) is 78.9 Å². The third-order valence-electron chi connectivity index (χ3n) is 2.76. The maximum Gasteiger partial charge on any atom is 0.341 e. The molecule has 0 aromatic carbocycles. The lowest BCUT2D eigenvalue weighted by Gasteiger charge is -2.21. The van der Waals surface area contributed by atoms with Crippen LogP contribution in [0.25, 0.3) is 0 Å². The smallest absolute Gasteiger partial charge is 0.341 e. The van der Waals surface area contributed by atoms with Gasteiger partial charge in [-0.2, -0.15) is 0 Å². The molecule has 2 amide bonds. The first-order valence-electron chi connectivity index (χ1n) is 5.57. The molecule has 0 aliphatic heterocycles. The summed E-state index contributed by atoms with van der Waals surface area (Å²) in [5.74, 6) is -0.466. The molecule has 2 aliphatic carbocycles. The molecule has 2 aliphatic rings. The van der Waals surface area contributed by atoms with Crippen LogP contribution in [-0.4, -0.2) is 41.2 Å². The van der Waals surface area contributed by atoms with E-state index in [2.05, 4.69) is 10.3 Å². The number of nitrogens with one attached hydrogen (secondary N) is 1. The predicted octanol–water partition coefficient (Wildman–Crippen LogP) is 0.587. The maximum atomic E-state index is 11.7. The molecule has 0 aromatic rings. The Balaban J connectivity index is 1.72. The number of aliphatic carboxylic acids is 1. The lowest BCUT2D eigenvalue weighted by molar-refractivity contribution is -0.144. The molecule has 2 saturated carbocycles. The standard InChI is InChI=1S/C10H16N2O4/c13-9(14)6-16-11-10(15)12(8-3-4-8)5-7-1-2-7/h7-8H,1-6H2,(H,11,15)(H,13,14). The highest BCUT2D eigenvalue weighted by atomic mass is 16.7. The van der Waals surface area contributed by atoms with Gasteiger partial charge < -0.3 is 10.0 Å². The lowest BCUT2D eigenvalue weighted by atomic mass is 10.4.